The molecule has 0 spiro atoms. The lowest BCUT2D eigenvalue weighted by molar-refractivity contribution is -0.122. The molecule has 21 heavy (non-hydrogen) atoms. The molecule has 9 heteroatoms. The van der Waals surface area contributed by atoms with Gasteiger partial charge >= 0.3 is 6.03 Å². The molecule has 1 aromatic rings. The largest absolute Gasteiger partial charge is 0.376 e. The molecule has 0 bridgehead atoms. The third kappa shape index (κ3) is 4.71. The fourth-order valence-corrected chi connectivity index (χ4v) is 1.89. The molecule has 2 rings (SSSR count). The van der Waals surface area contributed by atoms with Gasteiger partial charge in [0.05, 0.1) is 12.3 Å². The van der Waals surface area contributed by atoms with Gasteiger partial charge in [-0.2, -0.15) is 0 Å². The highest BCUT2D eigenvalue weighted by atomic mass is 16.5. The highest BCUT2D eigenvalue weighted by Gasteiger charge is 2.16. The quantitative estimate of drug-likeness (QED) is 0.774. The predicted octanol–water partition coefficient (Wildman–Crippen LogP) is -0.333. The molecule has 1 aromatic heterocycles. The lowest BCUT2D eigenvalue weighted by atomic mass is 10.2. The van der Waals surface area contributed by atoms with Crippen molar-refractivity contribution in [3.05, 3.63) is 6.20 Å². The molecule has 0 radical (unpaired) electrons. The molecule has 0 saturated carbocycles. The first-order valence-corrected chi connectivity index (χ1v) is 6.81. The lowest BCUT2D eigenvalue weighted by Gasteiger charge is -2.10. The molecule has 116 valence electrons. The Morgan fingerprint density at radius 1 is 1.52 bits per heavy atom. The number of nitrogens with zero attached hydrogens (tertiary/aromatic N) is 4. The maximum absolute atomic E-state index is 11.8. The molecule has 1 aliphatic rings. The summed E-state index contributed by atoms with van der Waals surface area (Å²) in [6.07, 6.45) is 3.63. The van der Waals surface area contributed by atoms with E-state index in [0.29, 0.717) is 12.4 Å². The van der Waals surface area contributed by atoms with E-state index >= 15 is 0 Å². The molecule has 0 aliphatic carbocycles. The Labute approximate surface area is 122 Å². The van der Waals surface area contributed by atoms with Gasteiger partial charge < -0.3 is 15.0 Å². The van der Waals surface area contributed by atoms with Crippen LogP contribution >= 0.6 is 0 Å². The molecule has 2 heterocycles. The zero-order valence-corrected chi connectivity index (χ0v) is 12.2. The second kappa shape index (κ2) is 7.02. The summed E-state index contributed by atoms with van der Waals surface area (Å²) in [6, 6.07) is -0.301. The summed E-state index contributed by atoms with van der Waals surface area (Å²) in [6.45, 7) is 1.33. The average Bonchev–Trinajstić information content (AvgIpc) is 3.08. The minimum Gasteiger partial charge on any atom is -0.376 e. The third-order valence-electron chi connectivity index (χ3n) is 3.04. The molecule has 2 N–H and O–H groups in total. The van der Waals surface area contributed by atoms with E-state index in [-0.39, 0.29) is 24.6 Å². The normalized spacial score (nSPS) is 17.5. The number of carbonyl (C=O) groups is 2. The van der Waals surface area contributed by atoms with E-state index in [9.17, 15) is 9.59 Å². The van der Waals surface area contributed by atoms with Crippen LogP contribution in [0, 0.1) is 0 Å². The van der Waals surface area contributed by atoms with Crippen molar-refractivity contribution in [2.24, 2.45) is 0 Å². The van der Waals surface area contributed by atoms with E-state index in [1.165, 1.54) is 15.8 Å². The average molecular weight is 296 g/mol. The van der Waals surface area contributed by atoms with E-state index in [1.54, 1.807) is 14.1 Å². The van der Waals surface area contributed by atoms with Gasteiger partial charge in [0.25, 0.3) is 0 Å². The monoisotopic (exact) mass is 296 g/mol. The van der Waals surface area contributed by atoms with E-state index in [2.05, 4.69) is 20.9 Å². The Kier molecular flexibility index (Phi) is 5.09. The van der Waals surface area contributed by atoms with Crippen molar-refractivity contribution < 1.29 is 14.3 Å². The van der Waals surface area contributed by atoms with Gasteiger partial charge in [-0.1, -0.05) is 5.21 Å². The van der Waals surface area contributed by atoms with Gasteiger partial charge in [0.2, 0.25) is 5.91 Å². The summed E-state index contributed by atoms with van der Waals surface area (Å²) >= 11 is 0. The number of amides is 3. The number of hydrogen-bond donors (Lipinski definition) is 2. The second-order valence-electron chi connectivity index (χ2n) is 5.07. The van der Waals surface area contributed by atoms with Gasteiger partial charge in [0, 0.05) is 27.2 Å². The Bertz CT molecular complexity index is 495. The van der Waals surface area contributed by atoms with Crippen LogP contribution in [0.4, 0.5) is 10.6 Å². The van der Waals surface area contributed by atoms with Crippen LogP contribution in [0.2, 0.25) is 0 Å². The first-order chi connectivity index (χ1) is 10.0. The van der Waals surface area contributed by atoms with Gasteiger partial charge in [0.1, 0.15) is 6.54 Å². The Morgan fingerprint density at radius 2 is 2.33 bits per heavy atom. The first kappa shape index (κ1) is 15.2. The van der Waals surface area contributed by atoms with Gasteiger partial charge in [0.15, 0.2) is 5.82 Å². The van der Waals surface area contributed by atoms with Crippen molar-refractivity contribution in [1.82, 2.24) is 25.2 Å². The smallest absolute Gasteiger partial charge is 0.322 e. The number of anilines is 1. The highest BCUT2D eigenvalue weighted by molar-refractivity contribution is 5.87. The lowest BCUT2D eigenvalue weighted by Crippen LogP contribution is -2.34. The van der Waals surface area contributed by atoms with Crippen LogP contribution in [0.1, 0.15) is 12.8 Å². The molecule has 1 saturated heterocycles. The molecule has 1 atom stereocenters. The number of ether oxygens (including phenoxy) is 1. The number of aromatic nitrogens is 3. The van der Waals surface area contributed by atoms with Crippen molar-refractivity contribution in [2.75, 3.05) is 32.6 Å². The summed E-state index contributed by atoms with van der Waals surface area (Å²) in [4.78, 5) is 24.6. The predicted molar refractivity (Wildman–Crippen MR) is 74.7 cm³/mol. The summed E-state index contributed by atoms with van der Waals surface area (Å²) in [5.41, 5.74) is 0. The fourth-order valence-electron chi connectivity index (χ4n) is 1.89. The van der Waals surface area contributed by atoms with Gasteiger partial charge in [-0.05, 0) is 12.8 Å². The fraction of sp³-hybridized carbons (Fsp3) is 0.667. The molecule has 1 aliphatic heterocycles. The number of carbonyl (C=O) groups excluding carboxylic acids is 2. The van der Waals surface area contributed by atoms with Gasteiger partial charge in [-0.3, -0.25) is 10.1 Å². The maximum atomic E-state index is 11.8. The van der Waals surface area contributed by atoms with E-state index in [1.807, 2.05) is 0 Å². The Hall–Kier alpha value is -2.16. The Morgan fingerprint density at radius 3 is 3.00 bits per heavy atom. The number of nitrogens with one attached hydrogen (secondary N) is 2. The maximum Gasteiger partial charge on any atom is 0.322 e. The second-order valence-corrected chi connectivity index (χ2v) is 5.07. The molecule has 1 fully saturated rings. The third-order valence-corrected chi connectivity index (χ3v) is 3.04. The first-order valence-electron chi connectivity index (χ1n) is 6.81. The van der Waals surface area contributed by atoms with Crippen molar-refractivity contribution in [3.63, 3.8) is 0 Å². The van der Waals surface area contributed by atoms with Crippen LogP contribution in [0.5, 0.6) is 0 Å². The molecule has 0 aromatic carbocycles. The van der Waals surface area contributed by atoms with Crippen LogP contribution < -0.4 is 10.6 Å². The van der Waals surface area contributed by atoms with Crippen LogP contribution in [0.15, 0.2) is 6.20 Å². The van der Waals surface area contributed by atoms with Crippen molar-refractivity contribution in [2.45, 2.75) is 25.5 Å². The van der Waals surface area contributed by atoms with Crippen molar-refractivity contribution >= 4 is 17.8 Å². The van der Waals surface area contributed by atoms with Gasteiger partial charge in [-0.15, -0.1) is 5.10 Å². The van der Waals surface area contributed by atoms with Crippen LogP contribution in [0.3, 0.4) is 0 Å². The minimum atomic E-state index is -0.301. The van der Waals surface area contributed by atoms with E-state index in [0.717, 1.165) is 19.4 Å². The van der Waals surface area contributed by atoms with Crippen molar-refractivity contribution in [1.29, 1.82) is 0 Å². The van der Waals surface area contributed by atoms with Gasteiger partial charge in [-0.25, -0.2) is 9.48 Å². The summed E-state index contributed by atoms with van der Waals surface area (Å²) in [5, 5.41) is 12.9. The summed E-state index contributed by atoms with van der Waals surface area (Å²) in [7, 11) is 3.25. The molecule has 9 nitrogen and oxygen atoms in total. The summed E-state index contributed by atoms with van der Waals surface area (Å²) < 4.78 is 6.79. The number of urea groups is 1. The van der Waals surface area contributed by atoms with E-state index < -0.39 is 0 Å². The standard InChI is InChI=1S/C12H20N6O3/c1-17(2)12(20)14-10-7-18(16-15-10)8-11(19)13-6-9-4-3-5-21-9/h7,9H,3-6,8H2,1-2H3,(H,13,19)(H,14,20). The van der Waals surface area contributed by atoms with E-state index in [4.69, 9.17) is 4.74 Å². The molecular formula is C12H20N6O3. The Balaban J connectivity index is 1.76. The number of hydrogen-bond acceptors (Lipinski definition) is 5. The topological polar surface area (TPSA) is 101 Å². The van der Waals surface area contributed by atoms with Crippen molar-refractivity contribution in [3.8, 4) is 0 Å². The van der Waals surface area contributed by atoms with Crippen LogP contribution in [0.25, 0.3) is 0 Å². The zero-order chi connectivity index (χ0) is 15.2. The number of rotatable bonds is 5. The highest BCUT2D eigenvalue weighted by Crippen LogP contribution is 2.10. The molecule has 1 unspecified atom stereocenters. The molecular weight excluding hydrogens is 276 g/mol. The minimum absolute atomic E-state index is 0.0531. The summed E-state index contributed by atoms with van der Waals surface area (Å²) in [5.74, 6) is 0.140. The van der Waals surface area contributed by atoms with Crippen LogP contribution in [-0.4, -0.2) is 65.2 Å². The molecule has 3 amide bonds. The van der Waals surface area contributed by atoms with Crippen LogP contribution in [-0.2, 0) is 16.1 Å². The SMILES string of the molecule is CN(C)C(=O)Nc1cn(CC(=O)NCC2CCCO2)nn1. The zero-order valence-electron chi connectivity index (χ0n) is 12.2.